The lowest BCUT2D eigenvalue weighted by Gasteiger charge is -2.17. The molecule has 3 unspecified atom stereocenters. The van der Waals surface area contributed by atoms with E-state index < -0.39 is 5.92 Å². The van der Waals surface area contributed by atoms with Crippen molar-refractivity contribution in [2.45, 2.75) is 58.4 Å². The zero-order valence-electron chi connectivity index (χ0n) is 10.3. The van der Waals surface area contributed by atoms with Crippen molar-refractivity contribution in [1.29, 1.82) is 5.26 Å². The Bertz CT molecular complexity index is 270. The summed E-state index contributed by atoms with van der Waals surface area (Å²) in [6.07, 6.45) is 6.38. The lowest BCUT2D eigenvalue weighted by molar-refractivity contribution is -0.124. The summed E-state index contributed by atoms with van der Waals surface area (Å²) in [5, 5.41) is 11.8. The summed E-state index contributed by atoms with van der Waals surface area (Å²) >= 11 is 0. The van der Waals surface area contributed by atoms with E-state index in [2.05, 4.69) is 18.3 Å². The van der Waals surface area contributed by atoms with Crippen molar-refractivity contribution >= 4 is 5.91 Å². The Kier molecular flexibility index (Phi) is 5.31. The zero-order valence-corrected chi connectivity index (χ0v) is 10.3. The molecule has 1 aliphatic rings. The van der Waals surface area contributed by atoms with Gasteiger partial charge in [-0.05, 0) is 31.6 Å². The average Bonchev–Trinajstić information content (AvgIpc) is 2.46. The summed E-state index contributed by atoms with van der Waals surface area (Å²) in [7, 11) is 0. The first-order valence-corrected chi connectivity index (χ1v) is 6.37. The van der Waals surface area contributed by atoms with E-state index in [-0.39, 0.29) is 5.91 Å². The van der Waals surface area contributed by atoms with Gasteiger partial charge in [0.2, 0.25) is 5.91 Å². The third kappa shape index (κ3) is 3.84. The molecule has 1 amide bonds. The minimum absolute atomic E-state index is 0.0791. The normalized spacial score (nSPS) is 27.6. The van der Waals surface area contributed by atoms with Gasteiger partial charge in [-0.1, -0.05) is 26.7 Å². The molecule has 0 aromatic carbocycles. The van der Waals surface area contributed by atoms with Gasteiger partial charge in [-0.25, -0.2) is 0 Å². The van der Waals surface area contributed by atoms with E-state index >= 15 is 0 Å². The lowest BCUT2D eigenvalue weighted by atomic mass is 10.0. The second-order valence-corrected chi connectivity index (χ2v) is 4.91. The molecule has 1 fully saturated rings. The molecule has 0 aromatic rings. The number of nitrogens with zero attached hydrogens (tertiary/aromatic N) is 1. The largest absolute Gasteiger partial charge is 0.352 e. The molecule has 16 heavy (non-hydrogen) atoms. The molecular formula is C13H22N2O. The fraction of sp³-hybridized carbons (Fsp3) is 0.846. The van der Waals surface area contributed by atoms with Gasteiger partial charge in [0.1, 0.15) is 5.92 Å². The molecule has 0 spiro atoms. The van der Waals surface area contributed by atoms with Crippen molar-refractivity contribution in [2.75, 3.05) is 0 Å². The maximum Gasteiger partial charge on any atom is 0.237 e. The van der Waals surface area contributed by atoms with E-state index in [1.54, 1.807) is 0 Å². The molecule has 0 aliphatic heterocycles. The monoisotopic (exact) mass is 222 g/mol. The summed E-state index contributed by atoms with van der Waals surface area (Å²) in [6, 6.07) is 2.34. The van der Waals surface area contributed by atoms with Gasteiger partial charge in [0.15, 0.2) is 0 Å². The fourth-order valence-corrected chi connectivity index (χ4v) is 2.27. The van der Waals surface area contributed by atoms with Gasteiger partial charge in [0.25, 0.3) is 0 Å². The van der Waals surface area contributed by atoms with E-state index in [4.69, 9.17) is 5.26 Å². The Morgan fingerprint density at radius 1 is 1.44 bits per heavy atom. The standard InChI is InChI=1S/C13H22N2O/c1-3-11(9-14)13(16)15-12-6-4-5-10(2)7-8-12/h10-12H,3-8H2,1-2H3,(H,15,16). The van der Waals surface area contributed by atoms with Crippen LogP contribution in [0.25, 0.3) is 0 Å². The summed E-state index contributed by atoms with van der Waals surface area (Å²) in [5.74, 6) is 0.227. The molecule has 3 heteroatoms. The van der Waals surface area contributed by atoms with Crippen LogP contribution >= 0.6 is 0 Å². The van der Waals surface area contributed by atoms with Crippen molar-refractivity contribution in [3.05, 3.63) is 0 Å². The van der Waals surface area contributed by atoms with Gasteiger partial charge in [-0.15, -0.1) is 0 Å². The topological polar surface area (TPSA) is 52.9 Å². The third-order valence-electron chi connectivity index (χ3n) is 3.48. The molecule has 0 saturated heterocycles. The smallest absolute Gasteiger partial charge is 0.237 e. The summed E-state index contributed by atoms with van der Waals surface area (Å²) < 4.78 is 0. The van der Waals surface area contributed by atoms with Crippen molar-refractivity contribution in [2.24, 2.45) is 11.8 Å². The van der Waals surface area contributed by atoms with E-state index in [0.29, 0.717) is 12.5 Å². The van der Waals surface area contributed by atoms with Crippen LogP contribution in [0.2, 0.25) is 0 Å². The van der Waals surface area contributed by atoms with Gasteiger partial charge in [0.05, 0.1) is 6.07 Å². The van der Waals surface area contributed by atoms with Gasteiger partial charge in [-0.2, -0.15) is 5.26 Å². The molecule has 0 radical (unpaired) electrons. The Hall–Kier alpha value is -1.04. The Morgan fingerprint density at radius 3 is 2.81 bits per heavy atom. The SMILES string of the molecule is CCC(C#N)C(=O)NC1CCCC(C)CC1. The van der Waals surface area contributed by atoms with Gasteiger partial charge < -0.3 is 5.32 Å². The van der Waals surface area contributed by atoms with E-state index in [1.807, 2.05) is 6.92 Å². The van der Waals surface area contributed by atoms with E-state index in [1.165, 1.54) is 19.3 Å². The summed E-state index contributed by atoms with van der Waals surface area (Å²) in [4.78, 5) is 11.7. The third-order valence-corrected chi connectivity index (χ3v) is 3.48. The number of amides is 1. The highest BCUT2D eigenvalue weighted by Crippen LogP contribution is 2.22. The Morgan fingerprint density at radius 2 is 2.19 bits per heavy atom. The van der Waals surface area contributed by atoms with Crippen LogP contribution in [0.3, 0.4) is 0 Å². The van der Waals surface area contributed by atoms with Gasteiger partial charge in [-0.3, -0.25) is 4.79 Å². The second-order valence-electron chi connectivity index (χ2n) is 4.91. The maximum absolute atomic E-state index is 11.7. The minimum Gasteiger partial charge on any atom is -0.352 e. The lowest BCUT2D eigenvalue weighted by Crippen LogP contribution is -2.38. The molecule has 0 heterocycles. The quantitative estimate of drug-likeness (QED) is 0.746. The molecule has 0 aromatic heterocycles. The van der Waals surface area contributed by atoms with E-state index in [9.17, 15) is 4.79 Å². The summed E-state index contributed by atoms with van der Waals surface area (Å²) in [6.45, 7) is 4.15. The van der Waals surface area contributed by atoms with Crippen LogP contribution in [0.5, 0.6) is 0 Å². The predicted octanol–water partition coefficient (Wildman–Crippen LogP) is 2.62. The van der Waals surface area contributed by atoms with Crippen molar-refractivity contribution in [1.82, 2.24) is 5.32 Å². The maximum atomic E-state index is 11.7. The van der Waals surface area contributed by atoms with Crippen LogP contribution in [-0.4, -0.2) is 11.9 Å². The number of nitrogens with one attached hydrogen (secondary N) is 1. The Labute approximate surface area is 98.2 Å². The summed E-state index contributed by atoms with van der Waals surface area (Å²) in [5.41, 5.74) is 0. The molecule has 3 nitrogen and oxygen atoms in total. The predicted molar refractivity (Wildman–Crippen MR) is 63.6 cm³/mol. The van der Waals surface area contributed by atoms with Crippen LogP contribution in [0.15, 0.2) is 0 Å². The highest BCUT2D eigenvalue weighted by molar-refractivity contribution is 5.81. The molecule has 3 atom stereocenters. The van der Waals surface area contributed by atoms with Crippen LogP contribution in [0.4, 0.5) is 0 Å². The van der Waals surface area contributed by atoms with Crippen molar-refractivity contribution < 1.29 is 4.79 Å². The molecule has 90 valence electrons. The number of carbonyl (C=O) groups excluding carboxylic acids is 1. The second kappa shape index (κ2) is 6.52. The molecule has 0 bridgehead atoms. The number of hydrogen-bond donors (Lipinski definition) is 1. The molecule has 1 aliphatic carbocycles. The highest BCUT2D eigenvalue weighted by atomic mass is 16.1. The number of carbonyl (C=O) groups is 1. The van der Waals surface area contributed by atoms with Crippen LogP contribution < -0.4 is 5.32 Å². The molecule has 1 saturated carbocycles. The average molecular weight is 222 g/mol. The highest BCUT2D eigenvalue weighted by Gasteiger charge is 2.21. The van der Waals surface area contributed by atoms with Crippen LogP contribution in [0, 0.1) is 23.2 Å². The zero-order chi connectivity index (χ0) is 12.0. The van der Waals surface area contributed by atoms with Crippen LogP contribution in [0.1, 0.15) is 52.4 Å². The number of nitriles is 1. The fourth-order valence-electron chi connectivity index (χ4n) is 2.27. The van der Waals surface area contributed by atoms with Gasteiger partial charge in [0, 0.05) is 6.04 Å². The molecule has 1 rings (SSSR count). The van der Waals surface area contributed by atoms with Crippen LogP contribution in [-0.2, 0) is 4.79 Å². The first-order valence-electron chi connectivity index (χ1n) is 6.37. The van der Waals surface area contributed by atoms with Crippen molar-refractivity contribution in [3.63, 3.8) is 0 Å². The first kappa shape index (κ1) is 13.0. The van der Waals surface area contributed by atoms with Crippen molar-refractivity contribution in [3.8, 4) is 6.07 Å². The minimum atomic E-state index is -0.472. The number of rotatable bonds is 3. The molecular weight excluding hydrogens is 200 g/mol. The Balaban J connectivity index is 2.41. The molecule has 1 N–H and O–H groups in total. The van der Waals surface area contributed by atoms with E-state index in [0.717, 1.165) is 18.8 Å². The first-order chi connectivity index (χ1) is 7.67. The number of hydrogen-bond acceptors (Lipinski definition) is 2. The van der Waals surface area contributed by atoms with Gasteiger partial charge >= 0.3 is 0 Å².